The average Bonchev–Trinajstić information content (AvgIpc) is 1.89. The highest BCUT2D eigenvalue weighted by Crippen LogP contribution is 1.90. The van der Waals surface area contributed by atoms with Crippen molar-refractivity contribution in [1.29, 1.82) is 0 Å². The van der Waals surface area contributed by atoms with E-state index in [1.165, 1.54) is 0 Å². The van der Waals surface area contributed by atoms with Crippen LogP contribution in [0.4, 0.5) is 0 Å². The minimum atomic E-state index is 0.591. The molecule has 9 heavy (non-hydrogen) atoms. The summed E-state index contributed by atoms with van der Waals surface area (Å²) in [6.45, 7) is 5.07. The Morgan fingerprint density at radius 1 is 1.44 bits per heavy atom. The van der Waals surface area contributed by atoms with Crippen LogP contribution in [0.1, 0.15) is 12.8 Å². The molecule has 54 valence electrons. The zero-order valence-corrected chi connectivity index (χ0v) is 6.36. The van der Waals surface area contributed by atoms with E-state index in [9.17, 15) is 0 Å². The van der Waals surface area contributed by atoms with Crippen LogP contribution in [0.5, 0.6) is 0 Å². The van der Waals surface area contributed by atoms with Crippen molar-refractivity contribution in [2.24, 2.45) is 0 Å². The first-order valence-electron chi connectivity index (χ1n) is 3.16. The molecule has 0 amide bonds. The zero-order chi connectivity index (χ0) is 6.95. The fourth-order valence-corrected chi connectivity index (χ4v) is 0.595. The van der Waals surface area contributed by atoms with Crippen molar-refractivity contribution in [2.75, 3.05) is 19.1 Å². The summed E-state index contributed by atoms with van der Waals surface area (Å²) in [5, 5.41) is 0. The van der Waals surface area contributed by atoms with Crippen molar-refractivity contribution < 1.29 is 4.74 Å². The Bertz CT molecular complexity index is 63.9. The molecule has 0 fully saturated rings. The predicted molar refractivity (Wildman–Crippen MR) is 41.0 cm³/mol. The molecular weight excluding hydrogens is 136 g/mol. The van der Waals surface area contributed by atoms with Crippen molar-refractivity contribution in [2.45, 2.75) is 12.8 Å². The smallest absolute Gasteiger partial charge is 0.0601 e. The second kappa shape index (κ2) is 7.99. The molecule has 0 radical (unpaired) electrons. The zero-order valence-electron chi connectivity index (χ0n) is 5.61. The number of hydrogen-bond donors (Lipinski definition) is 0. The maximum atomic E-state index is 5.37. The SMILES string of the molecule is C=CCCCOCCCl. The highest BCUT2D eigenvalue weighted by atomic mass is 35.5. The van der Waals surface area contributed by atoms with E-state index < -0.39 is 0 Å². The molecule has 2 heteroatoms. The van der Waals surface area contributed by atoms with Crippen molar-refractivity contribution in [1.82, 2.24) is 0 Å². The van der Waals surface area contributed by atoms with Crippen LogP contribution < -0.4 is 0 Å². The second-order valence-electron chi connectivity index (χ2n) is 1.73. The summed E-state index contributed by atoms with van der Waals surface area (Å²) in [6.07, 6.45) is 3.98. The van der Waals surface area contributed by atoms with Crippen molar-refractivity contribution in [3.63, 3.8) is 0 Å². The van der Waals surface area contributed by atoms with Gasteiger partial charge in [-0.05, 0) is 12.8 Å². The van der Waals surface area contributed by atoms with Crippen LogP contribution in [-0.2, 0) is 4.74 Å². The van der Waals surface area contributed by atoms with Gasteiger partial charge < -0.3 is 4.74 Å². The number of ether oxygens (including phenoxy) is 1. The standard InChI is InChI=1S/C7H13ClO/c1-2-3-4-6-9-7-5-8/h2H,1,3-7H2. The summed E-state index contributed by atoms with van der Waals surface area (Å²) in [5.41, 5.74) is 0. The van der Waals surface area contributed by atoms with Gasteiger partial charge in [-0.15, -0.1) is 18.2 Å². The minimum Gasteiger partial charge on any atom is -0.380 e. The lowest BCUT2D eigenvalue weighted by Crippen LogP contribution is -1.96. The van der Waals surface area contributed by atoms with Crippen LogP contribution in [0, 0.1) is 0 Å². The Morgan fingerprint density at radius 2 is 2.22 bits per heavy atom. The van der Waals surface area contributed by atoms with Crippen LogP contribution in [0.3, 0.4) is 0 Å². The number of halogens is 1. The Balaban J connectivity index is 2.66. The van der Waals surface area contributed by atoms with Crippen LogP contribution in [0.15, 0.2) is 12.7 Å². The van der Waals surface area contributed by atoms with Crippen molar-refractivity contribution >= 4 is 11.6 Å². The number of unbranched alkanes of at least 4 members (excludes halogenated alkanes) is 1. The Morgan fingerprint density at radius 3 is 2.78 bits per heavy atom. The maximum absolute atomic E-state index is 5.37. The molecule has 0 spiro atoms. The topological polar surface area (TPSA) is 9.23 Å². The van der Waals surface area contributed by atoms with Crippen molar-refractivity contribution in [3.05, 3.63) is 12.7 Å². The van der Waals surface area contributed by atoms with E-state index in [0.29, 0.717) is 12.5 Å². The van der Waals surface area contributed by atoms with E-state index in [2.05, 4.69) is 6.58 Å². The third-order valence-corrected chi connectivity index (χ3v) is 1.07. The molecule has 0 aromatic heterocycles. The molecule has 0 rings (SSSR count). The van der Waals surface area contributed by atoms with Gasteiger partial charge in [0, 0.05) is 12.5 Å². The molecule has 0 N–H and O–H groups in total. The van der Waals surface area contributed by atoms with Gasteiger partial charge in [0.1, 0.15) is 0 Å². The summed E-state index contributed by atoms with van der Waals surface area (Å²) < 4.78 is 5.11. The number of allylic oxidation sites excluding steroid dienone is 1. The van der Waals surface area contributed by atoms with E-state index in [4.69, 9.17) is 16.3 Å². The molecule has 0 saturated heterocycles. The first-order valence-corrected chi connectivity index (χ1v) is 3.70. The Labute approximate surface area is 61.7 Å². The summed E-state index contributed by atoms with van der Waals surface area (Å²) in [6, 6.07) is 0. The number of alkyl halides is 1. The van der Waals surface area contributed by atoms with Crippen LogP contribution >= 0.6 is 11.6 Å². The van der Waals surface area contributed by atoms with Gasteiger partial charge in [0.05, 0.1) is 6.61 Å². The second-order valence-corrected chi connectivity index (χ2v) is 2.11. The van der Waals surface area contributed by atoms with E-state index in [0.717, 1.165) is 19.4 Å². The normalized spacial score (nSPS) is 9.44. The van der Waals surface area contributed by atoms with Gasteiger partial charge >= 0.3 is 0 Å². The summed E-state index contributed by atoms with van der Waals surface area (Å²) in [4.78, 5) is 0. The Hall–Kier alpha value is -0.0100. The minimum absolute atomic E-state index is 0.591. The van der Waals surface area contributed by atoms with Gasteiger partial charge in [-0.25, -0.2) is 0 Å². The van der Waals surface area contributed by atoms with Gasteiger partial charge in [0.25, 0.3) is 0 Å². The molecule has 0 bridgehead atoms. The highest BCUT2D eigenvalue weighted by molar-refractivity contribution is 6.17. The molecule has 0 aromatic rings. The van der Waals surface area contributed by atoms with E-state index in [-0.39, 0.29) is 0 Å². The van der Waals surface area contributed by atoms with Crippen molar-refractivity contribution in [3.8, 4) is 0 Å². The lowest BCUT2D eigenvalue weighted by atomic mass is 10.3. The fraction of sp³-hybridized carbons (Fsp3) is 0.714. The summed E-state index contributed by atoms with van der Waals surface area (Å²) >= 11 is 5.37. The fourth-order valence-electron chi connectivity index (χ4n) is 0.486. The molecule has 0 aliphatic carbocycles. The third kappa shape index (κ3) is 7.99. The largest absolute Gasteiger partial charge is 0.380 e. The molecule has 0 heterocycles. The first kappa shape index (κ1) is 8.99. The molecule has 0 unspecified atom stereocenters. The molecule has 0 aromatic carbocycles. The van der Waals surface area contributed by atoms with Crippen LogP contribution in [-0.4, -0.2) is 19.1 Å². The molecule has 0 atom stereocenters. The number of rotatable bonds is 6. The van der Waals surface area contributed by atoms with Gasteiger partial charge in [0.15, 0.2) is 0 Å². The molecule has 0 saturated carbocycles. The van der Waals surface area contributed by atoms with E-state index in [1.807, 2.05) is 6.08 Å². The number of hydrogen-bond acceptors (Lipinski definition) is 1. The van der Waals surface area contributed by atoms with Gasteiger partial charge in [0.2, 0.25) is 0 Å². The van der Waals surface area contributed by atoms with E-state index in [1.54, 1.807) is 0 Å². The lowest BCUT2D eigenvalue weighted by Gasteiger charge is -1.97. The Kier molecular flexibility index (Phi) is 7.98. The average molecular weight is 149 g/mol. The molecule has 0 aliphatic heterocycles. The third-order valence-electron chi connectivity index (χ3n) is 0.918. The first-order chi connectivity index (χ1) is 4.41. The van der Waals surface area contributed by atoms with Crippen LogP contribution in [0.25, 0.3) is 0 Å². The molecule has 1 nitrogen and oxygen atoms in total. The quantitative estimate of drug-likeness (QED) is 0.319. The predicted octanol–water partition coefficient (Wildman–Crippen LogP) is 2.21. The van der Waals surface area contributed by atoms with E-state index >= 15 is 0 Å². The maximum Gasteiger partial charge on any atom is 0.0601 e. The van der Waals surface area contributed by atoms with Gasteiger partial charge in [-0.2, -0.15) is 0 Å². The highest BCUT2D eigenvalue weighted by Gasteiger charge is 1.83. The summed E-state index contributed by atoms with van der Waals surface area (Å²) in [5.74, 6) is 0.591. The molecular formula is C7H13ClO. The van der Waals surface area contributed by atoms with Crippen LogP contribution in [0.2, 0.25) is 0 Å². The monoisotopic (exact) mass is 148 g/mol. The van der Waals surface area contributed by atoms with Gasteiger partial charge in [-0.1, -0.05) is 6.08 Å². The molecule has 0 aliphatic rings. The summed E-state index contributed by atoms with van der Waals surface area (Å²) in [7, 11) is 0. The van der Waals surface area contributed by atoms with Gasteiger partial charge in [-0.3, -0.25) is 0 Å². The lowest BCUT2D eigenvalue weighted by molar-refractivity contribution is 0.147.